The standard InChI is InChI=1S/C21H20N2O2S2/c24-27(25,16-20-15-26-20)21-8-6-19(7-9-21)23(18-4-2-1-3-5-18)14-17-10-12-22-13-11-17/h1-13,20H,14-16H2. The Balaban J connectivity index is 1.63. The van der Waals surface area contributed by atoms with Gasteiger partial charge in [-0.1, -0.05) is 18.2 Å². The topological polar surface area (TPSA) is 50.3 Å². The molecule has 1 aliphatic heterocycles. The van der Waals surface area contributed by atoms with Gasteiger partial charge in [-0.05, 0) is 54.1 Å². The Labute approximate surface area is 164 Å². The number of para-hydroxylation sites is 1. The summed E-state index contributed by atoms with van der Waals surface area (Å²) in [5.74, 6) is 1.18. The molecule has 0 aliphatic carbocycles. The zero-order chi connectivity index (χ0) is 18.7. The first-order chi connectivity index (χ1) is 13.1. The van der Waals surface area contributed by atoms with Crippen LogP contribution in [0, 0.1) is 0 Å². The zero-order valence-electron chi connectivity index (χ0n) is 14.7. The van der Waals surface area contributed by atoms with Gasteiger partial charge in [0.1, 0.15) is 0 Å². The summed E-state index contributed by atoms with van der Waals surface area (Å²) in [4.78, 5) is 6.65. The van der Waals surface area contributed by atoms with Crippen LogP contribution in [0.25, 0.3) is 0 Å². The van der Waals surface area contributed by atoms with Gasteiger partial charge in [-0.3, -0.25) is 4.98 Å². The summed E-state index contributed by atoms with van der Waals surface area (Å²) in [6, 6.07) is 21.3. The van der Waals surface area contributed by atoms with Gasteiger partial charge in [0.15, 0.2) is 9.84 Å². The molecule has 3 aromatic rings. The summed E-state index contributed by atoms with van der Waals surface area (Å²) < 4.78 is 25.0. The van der Waals surface area contributed by atoms with Crippen molar-refractivity contribution in [1.82, 2.24) is 4.98 Å². The number of rotatable bonds is 7. The van der Waals surface area contributed by atoms with Gasteiger partial charge in [0, 0.05) is 41.3 Å². The first-order valence-corrected chi connectivity index (χ1v) is 11.5. The zero-order valence-corrected chi connectivity index (χ0v) is 16.4. The van der Waals surface area contributed by atoms with Crippen LogP contribution in [0.3, 0.4) is 0 Å². The fourth-order valence-corrected chi connectivity index (χ4v) is 5.62. The lowest BCUT2D eigenvalue weighted by molar-refractivity contribution is 0.596. The molecule has 138 valence electrons. The number of sulfone groups is 1. The molecule has 1 unspecified atom stereocenters. The van der Waals surface area contributed by atoms with E-state index in [1.807, 2.05) is 42.5 Å². The van der Waals surface area contributed by atoms with Crippen LogP contribution in [0.1, 0.15) is 5.56 Å². The molecule has 0 spiro atoms. The molecule has 0 bridgehead atoms. The fraction of sp³-hybridized carbons (Fsp3) is 0.190. The molecule has 2 heterocycles. The number of nitrogens with zero attached hydrogens (tertiary/aromatic N) is 2. The van der Waals surface area contributed by atoms with Crippen molar-refractivity contribution in [2.75, 3.05) is 16.4 Å². The SMILES string of the molecule is O=S(=O)(CC1CS1)c1ccc(N(Cc2ccncc2)c2ccccc2)cc1. The number of hydrogen-bond acceptors (Lipinski definition) is 5. The van der Waals surface area contributed by atoms with Crippen LogP contribution in [0.15, 0.2) is 84.0 Å². The van der Waals surface area contributed by atoms with Gasteiger partial charge in [-0.2, -0.15) is 11.8 Å². The predicted molar refractivity (Wildman–Crippen MR) is 111 cm³/mol. The molecule has 0 amide bonds. The number of pyridine rings is 1. The largest absolute Gasteiger partial charge is 0.337 e. The average molecular weight is 397 g/mol. The van der Waals surface area contributed by atoms with E-state index in [9.17, 15) is 8.42 Å². The summed E-state index contributed by atoms with van der Waals surface area (Å²) in [5.41, 5.74) is 3.15. The molecule has 1 aliphatic rings. The Morgan fingerprint density at radius 2 is 1.56 bits per heavy atom. The fourth-order valence-electron chi connectivity index (χ4n) is 2.95. The average Bonchev–Trinajstić information content (AvgIpc) is 3.51. The van der Waals surface area contributed by atoms with Gasteiger partial charge >= 0.3 is 0 Å². The first-order valence-electron chi connectivity index (χ1n) is 8.78. The molecular formula is C21H20N2O2S2. The Morgan fingerprint density at radius 1 is 0.926 bits per heavy atom. The van der Waals surface area contributed by atoms with Crippen LogP contribution in [0.5, 0.6) is 0 Å². The van der Waals surface area contributed by atoms with Crippen LogP contribution < -0.4 is 4.90 Å². The van der Waals surface area contributed by atoms with Crippen LogP contribution in [0.4, 0.5) is 11.4 Å². The second-order valence-electron chi connectivity index (χ2n) is 6.51. The minimum Gasteiger partial charge on any atom is -0.337 e. The predicted octanol–water partition coefficient (Wildman–Crippen LogP) is 4.31. The van der Waals surface area contributed by atoms with Crippen LogP contribution >= 0.6 is 11.8 Å². The van der Waals surface area contributed by atoms with E-state index in [1.54, 1.807) is 36.3 Å². The molecule has 1 atom stereocenters. The highest BCUT2D eigenvalue weighted by molar-refractivity contribution is 8.08. The Hall–Kier alpha value is -2.31. The lowest BCUT2D eigenvalue weighted by Gasteiger charge is -2.25. The van der Waals surface area contributed by atoms with Gasteiger partial charge in [-0.15, -0.1) is 0 Å². The molecule has 1 aromatic heterocycles. The highest BCUT2D eigenvalue weighted by atomic mass is 32.2. The molecule has 6 heteroatoms. The quantitative estimate of drug-likeness (QED) is 0.557. The van der Waals surface area contributed by atoms with Gasteiger partial charge in [0.25, 0.3) is 0 Å². The van der Waals surface area contributed by atoms with E-state index in [2.05, 4.69) is 22.0 Å². The van der Waals surface area contributed by atoms with Crippen molar-refractivity contribution < 1.29 is 8.42 Å². The van der Waals surface area contributed by atoms with Crippen molar-refractivity contribution in [3.63, 3.8) is 0 Å². The van der Waals surface area contributed by atoms with Gasteiger partial charge in [0.2, 0.25) is 0 Å². The van der Waals surface area contributed by atoms with E-state index in [1.165, 1.54) is 0 Å². The van der Waals surface area contributed by atoms with Crippen molar-refractivity contribution in [2.24, 2.45) is 0 Å². The summed E-state index contributed by atoms with van der Waals surface area (Å²) in [7, 11) is -3.21. The van der Waals surface area contributed by atoms with Crippen molar-refractivity contribution in [3.05, 3.63) is 84.7 Å². The number of benzene rings is 2. The third kappa shape index (κ3) is 4.51. The van der Waals surface area contributed by atoms with E-state index in [0.717, 1.165) is 22.7 Å². The van der Waals surface area contributed by atoms with Gasteiger partial charge in [-0.25, -0.2) is 8.42 Å². The highest BCUT2D eigenvalue weighted by Crippen LogP contribution is 2.33. The van der Waals surface area contributed by atoms with E-state index in [0.29, 0.717) is 11.4 Å². The van der Waals surface area contributed by atoms with E-state index < -0.39 is 9.84 Å². The third-order valence-electron chi connectivity index (χ3n) is 4.47. The molecule has 0 radical (unpaired) electrons. The van der Waals surface area contributed by atoms with Crippen molar-refractivity contribution in [2.45, 2.75) is 16.7 Å². The van der Waals surface area contributed by atoms with E-state index in [-0.39, 0.29) is 11.0 Å². The molecular weight excluding hydrogens is 376 g/mol. The Kier molecular flexibility index (Phi) is 5.18. The molecule has 0 saturated carbocycles. The van der Waals surface area contributed by atoms with Gasteiger partial charge in [0.05, 0.1) is 10.6 Å². The third-order valence-corrected chi connectivity index (χ3v) is 7.49. The normalized spacial score (nSPS) is 16.1. The summed E-state index contributed by atoms with van der Waals surface area (Å²) in [6.07, 6.45) is 3.56. The van der Waals surface area contributed by atoms with Gasteiger partial charge < -0.3 is 4.90 Å². The van der Waals surface area contributed by atoms with Crippen molar-refractivity contribution >= 4 is 33.0 Å². The molecule has 0 N–H and O–H groups in total. The second-order valence-corrected chi connectivity index (χ2v) is 9.88. The van der Waals surface area contributed by atoms with Crippen molar-refractivity contribution in [1.29, 1.82) is 0 Å². The second kappa shape index (κ2) is 7.74. The summed E-state index contributed by atoms with van der Waals surface area (Å²) >= 11 is 1.70. The lowest BCUT2D eigenvalue weighted by Crippen LogP contribution is -2.17. The van der Waals surface area contributed by atoms with E-state index >= 15 is 0 Å². The molecule has 4 rings (SSSR count). The highest BCUT2D eigenvalue weighted by Gasteiger charge is 2.30. The van der Waals surface area contributed by atoms with Crippen molar-refractivity contribution in [3.8, 4) is 0 Å². The molecule has 27 heavy (non-hydrogen) atoms. The molecule has 2 aromatic carbocycles. The number of hydrogen-bond donors (Lipinski definition) is 0. The maximum Gasteiger partial charge on any atom is 0.179 e. The van der Waals surface area contributed by atoms with Crippen LogP contribution in [-0.2, 0) is 16.4 Å². The molecule has 1 fully saturated rings. The minimum absolute atomic E-state index is 0.233. The van der Waals surface area contributed by atoms with Crippen LogP contribution in [0.2, 0.25) is 0 Å². The maximum absolute atomic E-state index is 12.5. The number of thioether (sulfide) groups is 1. The minimum atomic E-state index is -3.21. The Bertz CT molecular complexity index is 987. The smallest absolute Gasteiger partial charge is 0.179 e. The monoisotopic (exact) mass is 396 g/mol. The lowest BCUT2D eigenvalue weighted by atomic mass is 10.2. The molecule has 1 saturated heterocycles. The number of aromatic nitrogens is 1. The molecule has 4 nitrogen and oxygen atoms in total. The summed E-state index contributed by atoms with van der Waals surface area (Å²) in [6.45, 7) is 0.678. The Morgan fingerprint density at radius 3 is 2.19 bits per heavy atom. The van der Waals surface area contributed by atoms with E-state index in [4.69, 9.17) is 0 Å². The number of anilines is 2. The van der Waals surface area contributed by atoms with Crippen LogP contribution in [-0.4, -0.2) is 30.2 Å². The first kappa shape index (κ1) is 18.1. The maximum atomic E-state index is 12.5. The summed E-state index contributed by atoms with van der Waals surface area (Å²) in [5, 5.41) is 0.266.